The molecule has 56 heavy (non-hydrogen) atoms. The van der Waals surface area contributed by atoms with Crippen molar-refractivity contribution in [2.45, 2.75) is 269 Å². The quantitative estimate of drug-likeness (QED) is 0.0265. The van der Waals surface area contributed by atoms with Gasteiger partial charge in [0.15, 0.2) is 6.29 Å². The van der Waals surface area contributed by atoms with Crippen LogP contribution < -0.4 is 5.32 Å². The minimum absolute atomic E-state index is 0.138. The first-order chi connectivity index (χ1) is 27.3. The van der Waals surface area contributed by atoms with Gasteiger partial charge in [-0.2, -0.15) is 0 Å². The van der Waals surface area contributed by atoms with Gasteiger partial charge >= 0.3 is 0 Å². The van der Waals surface area contributed by atoms with Crippen molar-refractivity contribution in [1.82, 2.24) is 5.32 Å². The highest BCUT2D eigenvalue weighted by Crippen LogP contribution is 2.23. The van der Waals surface area contributed by atoms with E-state index in [1.807, 2.05) is 0 Å². The number of unbranched alkanes of at least 4 members (excludes halogenated alkanes) is 28. The second kappa shape index (κ2) is 38.2. The Kier molecular flexibility index (Phi) is 36.1. The molecule has 7 unspecified atom stereocenters. The second-order valence-corrected chi connectivity index (χ2v) is 16.9. The van der Waals surface area contributed by atoms with Crippen LogP contribution in [0.2, 0.25) is 0 Å². The highest BCUT2D eigenvalue weighted by molar-refractivity contribution is 5.76. The summed E-state index contributed by atoms with van der Waals surface area (Å²) in [5, 5.41) is 54.3. The third kappa shape index (κ3) is 28.4. The molecule has 9 heteroatoms. The van der Waals surface area contributed by atoms with Gasteiger partial charge in [0.05, 0.1) is 25.4 Å². The average Bonchev–Trinajstić information content (AvgIpc) is 3.20. The lowest BCUT2D eigenvalue weighted by molar-refractivity contribution is -0.302. The number of allylic oxidation sites excluding steroid dienone is 2. The Morgan fingerprint density at radius 3 is 1.52 bits per heavy atom. The first kappa shape index (κ1) is 52.9. The van der Waals surface area contributed by atoms with E-state index >= 15 is 0 Å². The number of hydrogen-bond acceptors (Lipinski definition) is 8. The van der Waals surface area contributed by atoms with Gasteiger partial charge in [-0.05, 0) is 32.1 Å². The SMILES string of the molecule is CCC/C=C\CCCCCCCC(=O)NC(COC1OC(CO)C(O)C(O)C1O)C(O)CCCCCCCCCCCCCCCCCCCCCCCCC. The fourth-order valence-electron chi connectivity index (χ4n) is 7.75. The minimum atomic E-state index is -1.55. The molecule has 1 fully saturated rings. The van der Waals surface area contributed by atoms with Gasteiger partial charge in [0, 0.05) is 6.42 Å². The van der Waals surface area contributed by atoms with Crippen molar-refractivity contribution in [3.8, 4) is 0 Å². The van der Waals surface area contributed by atoms with Crippen LogP contribution in [-0.2, 0) is 14.3 Å². The van der Waals surface area contributed by atoms with Gasteiger partial charge in [0.25, 0.3) is 0 Å². The molecule has 332 valence electrons. The highest BCUT2D eigenvalue weighted by atomic mass is 16.7. The second-order valence-electron chi connectivity index (χ2n) is 16.9. The lowest BCUT2D eigenvalue weighted by Crippen LogP contribution is -2.60. The summed E-state index contributed by atoms with van der Waals surface area (Å²) in [6, 6.07) is -0.718. The van der Waals surface area contributed by atoms with Crippen LogP contribution >= 0.6 is 0 Å². The maximum absolute atomic E-state index is 12.9. The fourth-order valence-corrected chi connectivity index (χ4v) is 7.75. The Morgan fingerprint density at radius 1 is 0.589 bits per heavy atom. The van der Waals surface area contributed by atoms with E-state index in [4.69, 9.17) is 9.47 Å². The van der Waals surface area contributed by atoms with Gasteiger partial charge < -0.3 is 40.3 Å². The van der Waals surface area contributed by atoms with Crippen molar-refractivity contribution in [2.24, 2.45) is 0 Å². The van der Waals surface area contributed by atoms with Crippen LogP contribution in [0.5, 0.6) is 0 Å². The summed E-state index contributed by atoms with van der Waals surface area (Å²) in [6.07, 6.45) is 36.7. The van der Waals surface area contributed by atoms with Crippen LogP contribution in [0.25, 0.3) is 0 Å². The molecule has 0 aromatic carbocycles. The van der Waals surface area contributed by atoms with Gasteiger partial charge in [-0.25, -0.2) is 0 Å². The van der Waals surface area contributed by atoms with Crippen molar-refractivity contribution >= 4 is 5.91 Å². The van der Waals surface area contributed by atoms with E-state index in [2.05, 4.69) is 31.3 Å². The first-order valence-electron chi connectivity index (χ1n) is 23.9. The molecule has 6 N–H and O–H groups in total. The normalized spacial score (nSPS) is 21.2. The van der Waals surface area contributed by atoms with Crippen molar-refractivity contribution in [1.29, 1.82) is 0 Å². The summed E-state index contributed by atoms with van der Waals surface area (Å²) < 4.78 is 11.2. The first-order valence-corrected chi connectivity index (χ1v) is 23.9. The highest BCUT2D eigenvalue weighted by Gasteiger charge is 2.44. The summed E-state index contributed by atoms with van der Waals surface area (Å²) in [5.41, 5.74) is 0. The van der Waals surface area contributed by atoms with Gasteiger partial charge in [0.1, 0.15) is 24.4 Å². The molecule has 1 heterocycles. The molecule has 1 amide bonds. The topological polar surface area (TPSA) is 149 Å². The van der Waals surface area contributed by atoms with Gasteiger partial charge in [-0.3, -0.25) is 4.79 Å². The molecular weight excluding hydrogens is 707 g/mol. The monoisotopic (exact) mass is 798 g/mol. The summed E-state index contributed by atoms with van der Waals surface area (Å²) in [6.45, 7) is 3.77. The van der Waals surface area contributed by atoms with E-state index in [1.165, 1.54) is 135 Å². The Balaban J connectivity index is 2.23. The van der Waals surface area contributed by atoms with Gasteiger partial charge in [-0.1, -0.05) is 199 Å². The zero-order valence-electron chi connectivity index (χ0n) is 36.4. The van der Waals surface area contributed by atoms with Crippen molar-refractivity contribution < 1.29 is 39.8 Å². The molecular formula is C47H91NO8. The van der Waals surface area contributed by atoms with E-state index in [-0.39, 0.29) is 12.5 Å². The third-order valence-electron chi connectivity index (χ3n) is 11.6. The van der Waals surface area contributed by atoms with Crippen LogP contribution in [0.4, 0.5) is 0 Å². The molecule has 7 atom stereocenters. The third-order valence-corrected chi connectivity index (χ3v) is 11.6. The number of nitrogens with one attached hydrogen (secondary N) is 1. The predicted octanol–water partition coefficient (Wildman–Crippen LogP) is 10.1. The van der Waals surface area contributed by atoms with Crippen LogP contribution in [-0.4, -0.2) is 87.5 Å². The number of aliphatic hydroxyl groups excluding tert-OH is 5. The van der Waals surface area contributed by atoms with E-state index in [9.17, 15) is 30.3 Å². The Labute approximate surface area is 344 Å². The summed E-state index contributed by atoms with van der Waals surface area (Å²) in [7, 11) is 0. The molecule has 0 spiro atoms. The minimum Gasteiger partial charge on any atom is -0.394 e. The number of carbonyl (C=O) groups is 1. The smallest absolute Gasteiger partial charge is 0.220 e. The average molecular weight is 798 g/mol. The molecule has 9 nitrogen and oxygen atoms in total. The molecule has 0 bridgehead atoms. The summed E-state index contributed by atoms with van der Waals surface area (Å²) in [5.74, 6) is -0.154. The number of aliphatic hydroxyl groups is 5. The van der Waals surface area contributed by atoms with Crippen LogP contribution in [0.1, 0.15) is 226 Å². The van der Waals surface area contributed by atoms with E-state index in [0.29, 0.717) is 12.8 Å². The van der Waals surface area contributed by atoms with E-state index in [1.54, 1.807) is 0 Å². The van der Waals surface area contributed by atoms with Gasteiger partial charge in [-0.15, -0.1) is 0 Å². The van der Waals surface area contributed by atoms with Crippen molar-refractivity contribution in [3.63, 3.8) is 0 Å². The van der Waals surface area contributed by atoms with E-state index in [0.717, 1.165) is 64.2 Å². The number of carbonyl (C=O) groups excluding carboxylic acids is 1. The van der Waals surface area contributed by atoms with Crippen LogP contribution in [0.15, 0.2) is 12.2 Å². The molecule has 0 radical (unpaired) electrons. The molecule has 0 aromatic rings. The number of ether oxygens (including phenoxy) is 2. The molecule has 1 rings (SSSR count). The lowest BCUT2D eigenvalue weighted by atomic mass is 9.99. The molecule has 1 aliphatic heterocycles. The molecule has 0 aromatic heterocycles. The standard InChI is InChI=1S/C47H91NO8/c1-3-5-7-9-11-13-15-16-17-18-19-20-21-22-23-24-25-26-27-28-30-32-34-36-41(50)40(39-55-47-46(54)45(53)44(52)42(38-49)56-47)48-43(51)37-35-33-31-29-14-12-10-8-6-4-2/h8,10,40-42,44-47,49-50,52-54H,3-7,9,11-39H2,1-2H3,(H,48,51)/b10-8-. The maximum atomic E-state index is 12.9. The number of rotatable bonds is 40. The predicted molar refractivity (Wildman–Crippen MR) is 231 cm³/mol. The lowest BCUT2D eigenvalue weighted by Gasteiger charge is -2.40. The number of hydrogen-bond donors (Lipinski definition) is 6. The fraction of sp³-hybridized carbons (Fsp3) is 0.936. The zero-order chi connectivity index (χ0) is 40.9. The summed E-state index contributed by atoms with van der Waals surface area (Å²) >= 11 is 0. The molecule has 0 aliphatic carbocycles. The number of amides is 1. The van der Waals surface area contributed by atoms with Crippen LogP contribution in [0, 0.1) is 0 Å². The molecule has 1 saturated heterocycles. The van der Waals surface area contributed by atoms with E-state index < -0.39 is 49.5 Å². The maximum Gasteiger partial charge on any atom is 0.220 e. The van der Waals surface area contributed by atoms with Crippen molar-refractivity contribution in [2.75, 3.05) is 13.2 Å². The largest absolute Gasteiger partial charge is 0.394 e. The molecule has 0 saturated carbocycles. The molecule has 1 aliphatic rings. The van der Waals surface area contributed by atoms with Gasteiger partial charge in [0.2, 0.25) is 5.91 Å². The van der Waals surface area contributed by atoms with Crippen molar-refractivity contribution in [3.05, 3.63) is 12.2 Å². The Hall–Kier alpha value is -1.07. The zero-order valence-corrected chi connectivity index (χ0v) is 36.4. The van der Waals surface area contributed by atoms with Crippen LogP contribution in [0.3, 0.4) is 0 Å². The Morgan fingerprint density at radius 2 is 1.04 bits per heavy atom. The Bertz CT molecular complexity index is 888. The summed E-state index contributed by atoms with van der Waals surface area (Å²) in [4.78, 5) is 12.9.